The monoisotopic (exact) mass is 302 g/mol. The van der Waals surface area contributed by atoms with Crippen LogP contribution >= 0.6 is 0 Å². The standard InChI is InChI=1S/C17H13F3N2/c18-16-4-2-1-3-15(16)13-7-5-12(6-8-13)14-9-21-22(10-14)11-17(19)20/h1-10,17H,11H2. The van der Waals surface area contributed by atoms with Crippen LogP contribution in [0.1, 0.15) is 0 Å². The van der Waals surface area contributed by atoms with E-state index in [9.17, 15) is 13.2 Å². The summed E-state index contributed by atoms with van der Waals surface area (Å²) in [5, 5.41) is 3.90. The highest BCUT2D eigenvalue weighted by Crippen LogP contribution is 2.26. The summed E-state index contributed by atoms with van der Waals surface area (Å²) in [6.07, 6.45) is 0.682. The lowest BCUT2D eigenvalue weighted by molar-refractivity contribution is 0.122. The lowest BCUT2D eigenvalue weighted by Gasteiger charge is -2.04. The van der Waals surface area contributed by atoms with Crippen molar-refractivity contribution < 1.29 is 13.2 Å². The Kier molecular flexibility index (Phi) is 3.96. The average molecular weight is 302 g/mol. The van der Waals surface area contributed by atoms with Gasteiger partial charge >= 0.3 is 0 Å². The summed E-state index contributed by atoms with van der Waals surface area (Å²) in [5.74, 6) is -0.278. The van der Waals surface area contributed by atoms with Crippen molar-refractivity contribution in [3.8, 4) is 22.3 Å². The zero-order valence-electron chi connectivity index (χ0n) is 11.6. The minimum absolute atomic E-state index is 0.278. The number of halogens is 3. The van der Waals surface area contributed by atoms with Gasteiger partial charge in [0, 0.05) is 17.3 Å². The lowest BCUT2D eigenvalue weighted by Crippen LogP contribution is -2.06. The van der Waals surface area contributed by atoms with Crippen molar-refractivity contribution in [3.05, 3.63) is 66.7 Å². The first-order chi connectivity index (χ1) is 10.6. The highest BCUT2D eigenvalue weighted by Gasteiger charge is 2.08. The van der Waals surface area contributed by atoms with Crippen LogP contribution in [0.4, 0.5) is 13.2 Å². The molecule has 0 fully saturated rings. The van der Waals surface area contributed by atoms with Crippen LogP contribution in [0, 0.1) is 5.82 Å². The molecule has 3 aromatic rings. The van der Waals surface area contributed by atoms with Gasteiger partial charge in [-0.2, -0.15) is 5.10 Å². The van der Waals surface area contributed by atoms with Gasteiger partial charge in [0.25, 0.3) is 6.43 Å². The van der Waals surface area contributed by atoms with Gasteiger partial charge in [-0.05, 0) is 17.2 Å². The molecule has 5 heteroatoms. The van der Waals surface area contributed by atoms with Gasteiger partial charge in [-0.15, -0.1) is 0 Å². The van der Waals surface area contributed by atoms with E-state index in [1.807, 2.05) is 12.1 Å². The first kappa shape index (κ1) is 14.4. The predicted molar refractivity (Wildman–Crippen MR) is 79.1 cm³/mol. The third kappa shape index (κ3) is 3.03. The van der Waals surface area contributed by atoms with Gasteiger partial charge in [0.05, 0.1) is 6.20 Å². The van der Waals surface area contributed by atoms with Gasteiger partial charge in [-0.25, -0.2) is 13.2 Å². The molecule has 0 saturated carbocycles. The number of alkyl halides is 2. The van der Waals surface area contributed by atoms with Crippen LogP contribution in [-0.2, 0) is 6.54 Å². The third-order valence-corrected chi connectivity index (χ3v) is 3.36. The van der Waals surface area contributed by atoms with E-state index in [4.69, 9.17) is 0 Å². The minimum atomic E-state index is -2.43. The Hall–Kier alpha value is -2.56. The Bertz CT molecular complexity index is 764. The Labute approximate surface area is 125 Å². The fourth-order valence-corrected chi connectivity index (χ4v) is 2.29. The van der Waals surface area contributed by atoms with Gasteiger partial charge in [0.2, 0.25) is 0 Å². The van der Waals surface area contributed by atoms with Crippen molar-refractivity contribution >= 4 is 0 Å². The predicted octanol–water partition coefficient (Wildman–Crippen LogP) is 4.62. The second kappa shape index (κ2) is 6.05. The van der Waals surface area contributed by atoms with Gasteiger partial charge in [-0.1, -0.05) is 42.5 Å². The number of aromatic nitrogens is 2. The fourth-order valence-electron chi connectivity index (χ4n) is 2.29. The molecule has 0 radical (unpaired) electrons. The molecule has 1 heterocycles. The highest BCUT2D eigenvalue weighted by molar-refractivity contribution is 5.70. The molecule has 0 N–H and O–H groups in total. The van der Waals surface area contributed by atoms with E-state index in [-0.39, 0.29) is 5.82 Å². The molecular weight excluding hydrogens is 289 g/mol. The normalized spacial score (nSPS) is 11.1. The van der Waals surface area contributed by atoms with Crippen LogP contribution < -0.4 is 0 Å². The second-order valence-electron chi connectivity index (χ2n) is 4.90. The summed E-state index contributed by atoms with van der Waals surface area (Å²) in [7, 11) is 0. The highest BCUT2D eigenvalue weighted by atomic mass is 19.3. The Morgan fingerprint density at radius 2 is 1.59 bits per heavy atom. The molecule has 0 aliphatic carbocycles. The van der Waals surface area contributed by atoms with E-state index < -0.39 is 13.0 Å². The molecule has 0 amide bonds. The summed E-state index contributed by atoms with van der Waals surface area (Å²) < 4.78 is 39.6. The largest absolute Gasteiger partial charge is 0.266 e. The average Bonchev–Trinajstić information content (AvgIpc) is 2.96. The molecule has 2 aromatic carbocycles. The molecule has 112 valence electrons. The van der Waals surface area contributed by atoms with Gasteiger partial charge < -0.3 is 0 Å². The van der Waals surface area contributed by atoms with Crippen molar-refractivity contribution in [3.63, 3.8) is 0 Å². The summed E-state index contributed by atoms with van der Waals surface area (Å²) in [5.41, 5.74) is 2.89. The minimum Gasteiger partial charge on any atom is -0.266 e. The Balaban J connectivity index is 1.85. The summed E-state index contributed by atoms with van der Waals surface area (Å²) >= 11 is 0. The molecule has 0 unspecified atom stereocenters. The quantitative estimate of drug-likeness (QED) is 0.687. The van der Waals surface area contributed by atoms with Crippen molar-refractivity contribution in [1.29, 1.82) is 0 Å². The molecule has 1 aromatic heterocycles. The van der Waals surface area contributed by atoms with Crippen LogP contribution in [0.25, 0.3) is 22.3 Å². The van der Waals surface area contributed by atoms with Gasteiger partial charge in [0.1, 0.15) is 12.4 Å². The van der Waals surface area contributed by atoms with Crippen LogP contribution in [0.2, 0.25) is 0 Å². The summed E-state index contributed by atoms with van der Waals surface area (Å²) in [4.78, 5) is 0. The molecule has 3 rings (SSSR count). The molecule has 0 bridgehead atoms. The maximum absolute atomic E-state index is 13.7. The third-order valence-electron chi connectivity index (χ3n) is 3.36. The molecule has 0 spiro atoms. The topological polar surface area (TPSA) is 17.8 Å². The van der Waals surface area contributed by atoms with E-state index in [0.717, 1.165) is 16.7 Å². The Morgan fingerprint density at radius 3 is 2.27 bits per heavy atom. The van der Waals surface area contributed by atoms with Crippen LogP contribution in [0.15, 0.2) is 60.9 Å². The van der Waals surface area contributed by atoms with E-state index in [0.29, 0.717) is 5.56 Å². The lowest BCUT2D eigenvalue weighted by atomic mass is 10.0. The van der Waals surface area contributed by atoms with Crippen molar-refractivity contribution in [2.75, 3.05) is 0 Å². The smallest absolute Gasteiger partial charge is 0.257 e. The van der Waals surface area contributed by atoms with Crippen LogP contribution in [0.5, 0.6) is 0 Å². The molecule has 2 nitrogen and oxygen atoms in total. The van der Waals surface area contributed by atoms with E-state index in [1.165, 1.54) is 10.7 Å². The first-order valence-electron chi connectivity index (χ1n) is 6.79. The number of rotatable bonds is 4. The number of benzene rings is 2. The van der Waals surface area contributed by atoms with Gasteiger partial charge in [0.15, 0.2) is 0 Å². The molecule has 0 atom stereocenters. The zero-order chi connectivity index (χ0) is 15.5. The van der Waals surface area contributed by atoms with E-state index in [1.54, 1.807) is 42.7 Å². The molecule has 0 aliphatic heterocycles. The number of hydrogen-bond donors (Lipinski definition) is 0. The zero-order valence-corrected chi connectivity index (χ0v) is 11.6. The summed E-state index contributed by atoms with van der Waals surface area (Å²) in [6, 6.07) is 13.8. The number of nitrogens with zero attached hydrogens (tertiary/aromatic N) is 2. The molecular formula is C17H13F3N2. The van der Waals surface area contributed by atoms with Gasteiger partial charge in [-0.3, -0.25) is 4.68 Å². The maximum Gasteiger partial charge on any atom is 0.257 e. The second-order valence-corrected chi connectivity index (χ2v) is 4.90. The number of hydrogen-bond acceptors (Lipinski definition) is 1. The molecule has 0 saturated heterocycles. The SMILES string of the molecule is Fc1ccccc1-c1ccc(-c2cnn(CC(F)F)c2)cc1. The maximum atomic E-state index is 13.7. The van der Waals surface area contributed by atoms with Crippen molar-refractivity contribution in [1.82, 2.24) is 9.78 Å². The Morgan fingerprint density at radius 1 is 0.909 bits per heavy atom. The van der Waals surface area contributed by atoms with Crippen molar-refractivity contribution in [2.45, 2.75) is 13.0 Å². The van der Waals surface area contributed by atoms with E-state index in [2.05, 4.69) is 5.10 Å². The van der Waals surface area contributed by atoms with Crippen molar-refractivity contribution in [2.24, 2.45) is 0 Å². The molecule has 0 aliphatic rings. The summed E-state index contributed by atoms with van der Waals surface area (Å²) in [6.45, 7) is -0.423. The van der Waals surface area contributed by atoms with Crippen LogP contribution in [-0.4, -0.2) is 16.2 Å². The first-order valence-corrected chi connectivity index (χ1v) is 6.79. The molecule has 22 heavy (non-hydrogen) atoms. The van der Waals surface area contributed by atoms with E-state index >= 15 is 0 Å². The van der Waals surface area contributed by atoms with Crippen LogP contribution in [0.3, 0.4) is 0 Å². The fraction of sp³-hybridized carbons (Fsp3) is 0.118.